The fourth-order valence-electron chi connectivity index (χ4n) is 2.54. The van der Waals surface area contributed by atoms with E-state index < -0.39 is 0 Å². The molecule has 1 aliphatic heterocycles. The fraction of sp³-hybridized carbons (Fsp3) is 0.200. The van der Waals surface area contributed by atoms with Crippen LogP contribution in [0, 0.1) is 0 Å². The highest BCUT2D eigenvalue weighted by molar-refractivity contribution is 9.10. The number of halogens is 1. The molecular weight excluding hydrogens is 414 g/mol. The van der Waals surface area contributed by atoms with Gasteiger partial charge in [-0.1, -0.05) is 53.2 Å². The highest BCUT2D eigenvalue weighted by Crippen LogP contribution is 2.35. The normalized spacial score (nSPS) is 15.8. The molecule has 2 aromatic rings. The van der Waals surface area contributed by atoms with Crippen LogP contribution < -0.4 is 4.74 Å². The molecule has 0 N–H and O–H groups in total. The average Bonchev–Trinajstić information content (AvgIpc) is 2.88. The van der Waals surface area contributed by atoms with Crippen LogP contribution in [0.4, 0.5) is 4.79 Å². The van der Waals surface area contributed by atoms with Crippen LogP contribution in [0.2, 0.25) is 0 Å². The number of thioether (sulfide) groups is 1. The summed E-state index contributed by atoms with van der Waals surface area (Å²) >= 11 is 4.37. The van der Waals surface area contributed by atoms with E-state index >= 15 is 0 Å². The number of carbonyl (C=O) groups is 2. The van der Waals surface area contributed by atoms with Crippen molar-refractivity contribution in [1.82, 2.24) is 4.90 Å². The minimum atomic E-state index is -0.273. The third kappa shape index (κ3) is 4.37. The number of amides is 2. The Balaban J connectivity index is 1.81. The summed E-state index contributed by atoms with van der Waals surface area (Å²) in [4.78, 5) is 26.7. The van der Waals surface area contributed by atoms with Crippen molar-refractivity contribution in [3.63, 3.8) is 0 Å². The molecular formula is C20H18BrNO3S. The van der Waals surface area contributed by atoms with E-state index in [4.69, 9.17) is 4.74 Å². The van der Waals surface area contributed by atoms with Gasteiger partial charge in [-0.25, -0.2) is 0 Å². The second-order valence-corrected chi connectivity index (χ2v) is 7.69. The van der Waals surface area contributed by atoms with Gasteiger partial charge in [-0.2, -0.15) is 0 Å². The molecule has 0 spiro atoms. The van der Waals surface area contributed by atoms with Gasteiger partial charge in [0.05, 0.1) is 18.1 Å². The fourth-order valence-corrected chi connectivity index (χ4v) is 3.81. The number of rotatable bonds is 6. The van der Waals surface area contributed by atoms with Crippen LogP contribution in [0.25, 0.3) is 6.08 Å². The van der Waals surface area contributed by atoms with Crippen molar-refractivity contribution in [2.75, 3.05) is 6.61 Å². The molecule has 3 rings (SSSR count). The third-order valence-electron chi connectivity index (χ3n) is 3.77. The van der Waals surface area contributed by atoms with Crippen molar-refractivity contribution in [2.45, 2.75) is 19.9 Å². The predicted molar refractivity (Wildman–Crippen MR) is 108 cm³/mol. The van der Waals surface area contributed by atoms with E-state index in [1.807, 2.05) is 55.5 Å². The molecule has 1 saturated heterocycles. The van der Waals surface area contributed by atoms with Crippen molar-refractivity contribution in [3.05, 3.63) is 69.0 Å². The molecule has 2 aromatic carbocycles. The SMILES string of the molecule is CCCOc1ccccc1/C=C1/SC(=O)N(Cc2cccc(Br)c2)C1=O. The van der Waals surface area contributed by atoms with Gasteiger partial charge in [-0.05, 0) is 48.0 Å². The Bertz CT molecular complexity index is 866. The second kappa shape index (κ2) is 8.56. The van der Waals surface area contributed by atoms with Crippen LogP contribution in [0.3, 0.4) is 0 Å². The summed E-state index contributed by atoms with van der Waals surface area (Å²) in [7, 11) is 0. The van der Waals surface area contributed by atoms with Gasteiger partial charge < -0.3 is 4.74 Å². The minimum absolute atomic E-state index is 0.256. The first-order chi connectivity index (χ1) is 12.6. The van der Waals surface area contributed by atoms with Crippen molar-refractivity contribution in [1.29, 1.82) is 0 Å². The van der Waals surface area contributed by atoms with E-state index in [2.05, 4.69) is 15.9 Å². The molecule has 0 saturated carbocycles. The lowest BCUT2D eigenvalue weighted by molar-refractivity contribution is -0.123. The Morgan fingerprint density at radius 3 is 2.73 bits per heavy atom. The Labute approximate surface area is 165 Å². The van der Waals surface area contributed by atoms with Crippen LogP contribution >= 0.6 is 27.7 Å². The quantitative estimate of drug-likeness (QED) is 0.568. The monoisotopic (exact) mass is 431 g/mol. The van der Waals surface area contributed by atoms with Gasteiger partial charge in [0.2, 0.25) is 0 Å². The highest BCUT2D eigenvalue weighted by Gasteiger charge is 2.35. The molecule has 0 atom stereocenters. The lowest BCUT2D eigenvalue weighted by atomic mass is 10.1. The van der Waals surface area contributed by atoms with E-state index in [0.29, 0.717) is 17.3 Å². The van der Waals surface area contributed by atoms with Gasteiger partial charge in [0, 0.05) is 10.0 Å². The van der Waals surface area contributed by atoms with Crippen LogP contribution in [-0.4, -0.2) is 22.7 Å². The van der Waals surface area contributed by atoms with E-state index in [1.54, 1.807) is 6.08 Å². The smallest absolute Gasteiger partial charge is 0.293 e. The highest BCUT2D eigenvalue weighted by atomic mass is 79.9. The van der Waals surface area contributed by atoms with Gasteiger partial charge in [-0.15, -0.1) is 0 Å². The van der Waals surface area contributed by atoms with Gasteiger partial charge in [0.1, 0.15) is 5.75 Å². The summed E-state index contributed by atoms with van der Waals surface area (Å²) in [5, 5.41) is -0.256. The summed E-state index contributed by atoms with van der Waals surface area (Å²) in [5.41, 5.74) is 1.70. The van der Waals surface area contributed by atoms with Crippen molar-refractivity contribution >= 4 is 44.9 Å². The Morgan fingerprint density at radius 1 is 1.15 bits per heavy atom. The maximum Gasteiger partial charge on any atom is 0.293 e. The van der Waals surface area contributed by atoms with Gasteiger partial charge in [-0.3, -0.25) is 14.5 Å². The summed E-state index contributed by atoms with van der Waals surface area (Å²) < 4.78 is 6.64. The molecule has 0 unspecified atom stereocenters. The molecule has 26 heavy (non-hydrogen) atoms. The molecule has 0 radical (unpaired) electrons. The zero-order valence-electron chi connectivity index (χ0n) is 14.3. The standard InChI is InChI=1S/C20H18BrNO3S/c1-2-10-25-17-9-4-3-7-15(17)12-18-19(23)22(20(24)26-18)13-14-6-5-8-16(21)11-14/h3-9,11-12H,2,10,13H2,1H3/b18-12+. The maximum atomic E-state index is 12.7. The molecule has 0 aromatic heterocycles. The summed E-state index contributed by atoms with van der Waals surface area (Å²) in [6.07, 6.45) is 2.63. The summed E-state index contributed by atoms with van der Waals surface area (Å²) in [6.45, 7) is 2.90. The zero-order valence-corrected chi connectivity index (χ0v) is 16.7. The number of ether oxygens (including phenoxy) is 1. The molecule has 0 bridgehead atoms. The minimum Gasteiger partial charge on any atom is -0.493 e. The predicted octanol–water partition coefficient (Wildman–Crippen LogP) is 5.47. The van der Waals surface area contributed by atoms with Crippen LogP contribution in [0.1, 0.15) is 24.5 Å². The van der Waals surface area contributed by atoms with Crippen molar-refractivity contribution < 1.29 is 14.3 Å². The molecule has 1 aliphatic rings. The third-order valence-corrected chi connectivity index (χ3v) is 5.17. The number of benzene rings is 2. The number of para-hydroxylation sites is 1. The Hall–Kier alpha value is -2.05. The molecule has 6 heteroatoms. The summed E-state index contributed by atoms with van der Waals surface area (Å²) in [6, 6.07) is 15.1. The largest absolute Gasteiger partial charge is 0.493 e. The molecule has 0 aliphatic carbocycles. The van der Waals surface area contributed by atoms with E-state index in [9.17, 15) is 9.59 Å². The van der Waals surface area contributed by atoms with Crippen LogP contribution in [0.5, 0.6) is 5.75 Å². The average molecular weight is 432 g/mol. The Morgan fingerprint density at radius 2 is 1.96 bits per heavy atom. The number of carbonyl (C=O) groups excluding carboxylic acids is 2. The second-order valence-electron chi connectivity index (χ2n) is 5.78. The molecule has 1 heterocycles. The zero-order chi connectivity index (χ0) is 18.5. The van der Waals surface area contributed by atoms with E-state index in [0.717, 1.165) is 33.8 Å². The maximum absolute atomic E-state index is 12.7. The van der Waals surface area contributed by atoms with E-state index in [-0.39, 0.29) is 17.7 Å². The van der Waals surface area contributed by atoms with Gasteiger partial charge in [0.25, 0.3) is 11.1 Å². The number of hydrogen-bond donors (Lipinski definition) is 0. The summed E-state index contributed by atoms with van der Waals surface area (Å²) in [5.74, 6) is 0.443. The topological polar surface area (TPSA) is 46.6 Å². The lowest BCUT2D eigenvalue weighted by Gasteiger charge is -2.12. The van der Waals surface area contributed by atoms with Gasteiger partial charge in [0.15, 0.2) is 0 Å². The first-order valence-electron chi connectivity index (χ1n) is 8.30. The van der Waals surface area contributed by atoms with Crippen LogP contribution in [0.15, 0.2) is 57.9 Å². The number of hydrogen-bond acceptors (Lipinski definition) is 4. The molecule has 134 valence electrons. The van der Waals surface area contributed by atoms with Crippen LogP contribution in [-0.2, 0) is 11.3 Å². The first kappa shape index (κ1) is 18.7. The van der Waals surface area contributed by atoms with Gasteiger partial charge >= 0.3 is 0 Å². The lowest BCUT2D eigenvalue weighted by Crippen LogP contribution is -2.27. The number of imide groups is 1. The van der Waals surface area contributed by atoms with Crippen molar-refractivity contribution in [2.24, 2.45) is 0 Å². The van der Waals surface area contributed by atoms with E-state index in [1.165, 1.54) is 4.90 Å². The Kier molecular flexibility index (Phi) is 6.16. The molecule has 1 fully saturated rings. The first-order valence-corrected chi connectivity index (χ1v) is 9.91. The molecule has 2 amide bonds. The molecule has 4 nitrogen and oxygen atoms in total. The van der Waals surface area contributed by atoms with Crippen molar-refractivity contribution in [3.8, 4) is 5.75 Å². The number of nitrogens with zero attached hydrogens (tertiary/aromatic N) is 1.